The highest BCUT2D eigenvalue weighted by Crippen LogP contribution is 2.47. The number of hydrogen-bond acceptors (Lipinski definition) is 1. The third kappa shape index (κ3) is 1.52. The molecule has 1 heterocycles. The Morgan fingerprint density at radius 1 is 0.923 bits per heavy atom. The minimum atomic E-state index is 0.390. The highest BCUT2D eigenvalue weighted by atomic mass is 15.3. The Balaban J connectivity index is 2.14. The quantitative estimate of drug-likeness (QED) is 0.555. The molecule has 0 atom stereocenters. The normalized spacial score (nSPS) is 28.8. The van der Waals surface area contributed by atoms with Crippen molar-refractivity contribution in [1.82, 2.24) is 4.90 Å². The summed E-state index contributed by atoms with van der Waals surface area (Å²) in [6.45, 7) is 8.46. The number of nitrogens with zero attached hydrogens (tertiary/aromatic N) is 1. The van der Waals surface area contributed by atoms with Gasteiger partial charge in [-0.3, -0.25) is 4.90 Å². The first-order chi connectivity index (χ1) is 6.05. The molecule has 0 aromatic heterocycles. The van der Waals surface area contributed by atoms with Crippen LogP contribution in [0, 0.1) is 0 Å². The van der Waals surface area contributed by atoms with Crippen LogP contribution in [0.2, 0.25) is 0 Å². The van der Waals surface area contributed by atoms with Crippen molar-refractivity contribution in [3.63, 3.8) is 0 Å². The van der Waals surface area contributed by atoms with Gasteiger partial charge in [-0.15, -0.1) is 0 Å². The van der Waals surface area contributed by atoms with Crippen molar-refractivity contribution in [3.05, 3.63) is 0 Å². The zero-order valence-corrected chi connectivity index (χ0v) is 9.40. The summed E-state index contributed by atoms with van der Waals surface area (Å²) in [5.74, 6) is 0. The van der Waals surface area contributed by atoms with E-state index in [0.717, 1.165) is 0 Å². The van der Waals surface area contributed by atoms with Gasteiger partial charge in [0, 0.05) is 11.1 Å². The molecule has 1 aliphatic carbocycles. The first kappa shape index (κ1) is 9.51. The van der Waals surface area contributed by atoms with Gasteiger partial charge in [0.25, 0.3) is 0 Å². The Kier molecular flexibility index (Phi) is 2.18. The summed E-state index contributed by atoms with van der Waals surface area (Å²) >= 11 is 0. The van der Waals surface area contributed by atoms with E-state index in [4.69, 9.17) is 0 Å². The van der Waals surface area contributed by atoms with Gasteiger partial charge in [0.15, 0.2) is 0 Å². The van der Waals surface area contributed by atoms with Gasteiger partial charge >= 0.3 is 0 Å². The monoisotopic (exact) mass is 181 g/mol. The van der Waals surface area contributed by atoms with Crippen molar-refractivity contribution >= 4 is 0 Å². The minimum Gasteiger partial charge on any atom is -0.293 e. The van der Waals surface area contributed by atoms with E-state index < -0.39 is 0 Å². The number of rotatable bonds is 0. The van der Waals surface area contributed by atoms with Crippen molar-refractivity contribution in [3.8, 4) is 0 Å². The summed E-state index contributed by atoms with van der Waals surface area (Å²) in [5.41, 5.74) is 1.03. The number of likely N-dealkylation sites (tertiary alicyclic amines) is 1. The SMILES string of the molecule is CC(C)(C)N1CCCCC12CCC2. The highest BCUT2D eigenvalue weighted by Gasteiger charge is 2.47. The van der Waals surface area contributed by atoms with E-state index in [0.29, 0.717) is 11.1 Å². The van der Waals surface area contributed by atoms with Crippen molar-refractivity contribution in [2.75, 3.05) is 6.54 Å². The summed E-state index contributed by atoms with van der Waals surface area (Å²) in [7, 11) is 0. The molecule has 1 nitrogen and oxygen atoms in total. The molecular formula is C12H23N. The molecule has 0 unspecified atom stereocenters. The van der Waals surface area contributed by atoms with E-state index in [2.05, 4.69) is 25.7 Å². The molecule has 0 bridgehead atoms. The van der Waals surface area contributed by atoms with E-state index in [1.807, 2.05) is 0 Å². The molecule has 2 aliphatic rings. The molecule has 76 valence electrons. The second-order valence-corrected chi connectivity index (χ2v) is 5.86. The third-order valence-corrected chi connectivity index (χ3v) is 3.94. The van der Waals surface area contributed by atoms with Gasteiger partial charge in [0.1, 0.15) is 0 Å². The van der Waals surface area contributed by atoms with E-state index in [9.17, 15) is 0 Å². The molecule has 13 heavy (non-hydrogen) atoms. The molecule has 0 radical (unpaired) electrons. The molecule has 0 N–H and O–H groups in total. The van der Waals surface area contributed by atoms with Crippen molar-refractivity contribution < 1.29 is 0 Å². The van der Waals surface area contributed by atoms with E-state index >= 15 is 0 Å². The summed E-state index contributed by atoms with van der Waals surface area (Å²) in [6, 6.07) is 0. The zero-order valence-electron chi connectivity index (χ0n) is 9.40. The number of hydrogen-bond donors (Lipinski definition) is 0. The van der Waals surface area contributed by atoms with E-state index in [1.165, 1.54) is 45.1 Å². The maximum atomic E-state index is 2.78. The predicted octanol–water partition coefficient (Wildman–Crippen LogP) is 3.19. The fraction of sp³-hybridized carbons (Fsp3) is 1.00. The Morgan fingerprint density at radius 3 is 1.92 bits per heavy atom. The van der Waals surface area contributed by atoms with Gasteiger partial charge in [-0.05, 0) is 59.4 Å². The van der Waals surface area contributed by atoms with Crippen LogP contribution in [0.25, 0.3) is 0 Å². The van der Waals surface area contributed by atoms with Crippen LogP contribution in [-0.2, 0) is 0 Å². The fourth-order valence-corrected chi connectivity index (χ4v) is 3.25. The van der Waals surface area contributed by atoms with E-state index in [-0.39, 0.29) is 0 Å². The Labute approximate surface area is 82.5 Å². The maximum absolute atomic E-state index is 2.78. The van der Waals surface area contributed by atoms with Gasteiger partial charge in [-0.1, -0.05) is 6.42 Å². The summed E-state index contributed by atoms with van der Waals surface area (Å²) in [5, 5.41) is 0. The van der Waals surface area contributed by atoms with E-state index in [1.54, 1.807) is 0 Å². The first-order valence-electron chi connectivity index (χ1n) is 5.82. The average Bonchev–Trinajstić information content (AvgIpc) is 2.00. The number of piperidine rings is 1. The van der Waals surface area contributed by atoms with Crippen molar-refractivity contribution in [1.29, 1.82) is 0 Å². The van der Waals surface area contributed by atoms with Crippen LogP contribution in [0.5, 0.6) is 0 Å². The molecule has 1 heteroatoms. The summed E-state index contributed by atoms with van der Waals surface area (Å²) in [6.07, 6.45) is 8.73. The Hall–Kier alpha value is -0.0400. The van der Waals surface area contributed by atoms with Gasteiger partial charge in [-0.25, -0.2) is 0 Å². The van der Waals surface area contributed by atoms with Crippen LogP contribution in [-0.4, -0.2) is 22.5 Å². The molecule has 2 fully saturated rings. The molecule has 0 aromatic rings. The summed E-state index contributed by atoms with van der Waals surface area (Å²) < 4.78 is 0. The lowest BCUT2D eigenvalue weighted by molar-refractivity contribution is -0.0723. The Morgan fingerprint density at radius 2 is 1.54 bits per heavy atom. The standard InChI is InChI=1S/C12H23N/c1-11(2,3)13-10-5-4-7-12(13)8-6-9-12/h4-10H2,1-3H3. The lowest BCUT2D eigenvalue weighted by atomic mass is 9.68. The molecule has 1 aliphatic heterocycles. The van der Waals surface area contributed by atoms with Crippen LogP contribution in [0.1, 0.15) is 59.3 Å². The smallest absolute Gasteiger partial charge is 0.0214 e. The van der Waals surface area contributed by atoms with Crippen LogP contribution in [0.3, 0.4) is 0 Å². The molecule has 0 amide bonds. The lowest BCUT2D eigenvalue weighted by Gasteiger charge is -2.58. The van der Waals surface area contributed by atoms with Crippen LogP contribution < -0.4 is 0 Å². The molecule has 2 rings (SSSR count). The fourth-order valence-electron chi connectivity index (χ4n) is 3.25. The topological polar surface area (TPSA) is 3.24 Å². The van der Waals surface area contributed by atoms with Crippen LogP contribution in [0.15, 0.2) is 0 Å². The first-order valence-corrected chi connectivity index (χ1v) is 5.82. The molecule has 1 saturated heterocycles. The second-order valence-electron chi connectivity index (χ2n) is 5.86. The molecular weight excluding hydrogens is 158 g/mol. The van der Waals surface area contributed by atoms with Crippen molar-refractivity contribution in [2.24, 2.45) is 0 Å². The maximum Gasteiger partial charge on any atom is 0.0214 e. The van der Waals surface area contributed by atoms with Gasteiger partial charge in [0.05, 0.1) is 0 Å². The summed E-state index contributed by atoms with van der Waals surface area (Å²) in [4.78, 5) is 2.78. The second kappa shape index (κ2) is 2.98. The molecule has 0 aromatic carbocycles. The van der Waals surface area contributed by atoms with Crippen LogP contribution >= 0.6 is 0 Å². The lowest BCUT2D eigenvalue weighted by Crippen LogP contribution is -2.62. The van der Waals surface area contributed by atoms with Gasteiger partial charge in [0.2, 0.25) is 0 Å². The zero-order chi connectivity index (χ0) is 9.53. The molecule has 1 saturated carbocycles. The predicted molar refractivity (Wildman–Crippen MR) is 56.9 cm³/mol. The highest BCUT2D eigenvalue weighted by molar-refractivity contribution is 5.03. The minimum absolute atomic E-state index is 0.390. The van der Waals surface area contributed by atoms with Crippen LogP contribution in [0.4, 0.5) is 0 Å². The van der Waals surface area contributed by atoms with Gasteiger partial charge in [-0.2, -0.15) is 0 Å². The third-order valence-electron chi connectivity index (χ3n) is 3.94. The van der Waals surface area contributed by atoms with Crippen molar-refractivity contribution in [2.45, 2.75) is 70.4 Å². The largest absolute Gasteiger partial charge is 0.293 e. The Bertz CT molecular complexity index is 186. The molecule has 1 spiro atoms. The average molecular weight is 181 g/mol. The van der Waals surface area contributed by atoms with Gasteiger partial charge < -0.3 is 0 Å².